The van der Waals surface area contributed by atoms with E-state index >= 15 is 0 Å². The van der Waals surface area contributed by atoms with E-state index in [1.165, 1.54) is 0 Å². The molecule has 0 aliphatic heterocycles. The first-order valence-electron chi connectivity index (χ1n) is 6.77. The second-order valence-electron chi connectivity index (χ2n) is 5.25. The molecular weight excluding hydrogens is 311 g/mol. The quantitative estimate of drug-likeness (QED) is 0.909. The van der Waals surface area contributed by atoms with Crippen molar-refractivity contribution >= 4 is 29.1 Å². The van der Waals surface area contributed by atoms with Crippen LogP contribution in [0, 0.1) is 0 Å². The number of benzene rings is 1. The zero-order valence-corrected chi connectivity index (χ0v) is 12.9. The highest BCUT2D eigenvalue weighted by atomic mass is 35.5. The van der Waals surface area contributed by atoms with Crippen LogP contribution >= 0.6 is 23.2 Å². The number of carbonyl (C=O) groups excluding carboxylic acids is 1. The third-order valence-electron chi connectivity index (χ3n) is 3.51. The lowest BCUT2D eigenvalue weighted by molar-refractivity contribution is 0.0930. The Morgan fingerprint density at radius 2 is 2.14 bits per heavy atom. The molecule has 3 rings (SSSR count). The van der Waals surface area contributed by atoms with Crippen LogP contribution in [0.15, 0.2) is 28.8 Å². The average molecular weight is 325 g/mol. The van der Waals surface area contributed by atoms with Crippen molar-refractivity contribution in [2.24, 2.45) is 0 Å². The fraction of sp³-hybridized carbons (Fsp3) is 0.333. The van der Waals surface area contributed by atoms with Gasteiger partial charge in [0.15, 0.2) is 5.69 Å². The fourth-order valence-corrected chi connectivity index (χ4v) is 2.61. The van der Waals surface area contributed by atoms with E-state index in [1.807, 2.05) is 6.92 Å². The monoisotopic (exact) mass is 324 g/mol. The average Bonchev–Trinajstić information content (AvgIpc) is 3.18. The van der Waals surface area contributed by atoms with Gasteiger partial charge in [-0.3, -0.25) is 4.79 Å². The molecular formula is C15H14Cl2N2O2. The first kappa shape index (κ1) is 14.4. The number of halogens is 2. The molecule has 0 radical (unpaired) electrons. The molecule has 0 unspecified atom stereocenters. The smallest absolute Gasteiger partial charge is 0.273 e. The van der Waals surface area contributed by atoms with Crippen molar-refractivity contribution in [1.29, 1.82) is 0 Å². The highest BCUT2D eigenvalue weighted by Crippen LogP contribution is 2.40. The van der Waals surface area contributed by atoms with Gasteiger partial charge in [-0.25, -0.2) is 0 Å². The molecule has 1 saturated carbocycles. The predicted molar refractivity (Wildman–Crippen MR) is 80.8 cm³/mol. The zero-order valence-electron chi connectivity index (χ0n) is 11.4. The van der Waals surface area contributed by atoms with Gasteiger partial charge in [-0.2, -0.15) is 0 Å². The van der Waals surface area contributed by atoms with Crippen molar-refractivity contribution in [2.45, 2.75) is 31.7 Å². The van der Waals surface area contributed by atoms with Crippen molar-refractivity contribution in [1.82, 2.24) is 10.5 Å². The number of hydrogen-bond donors (Lipinski definition) is 1. The minimum Gasteiger partial charge on any atom is -0.360 e. The third kappa shape index (κ3) is 3.22. The van der Waals surface area contributed by atoms with Crippen LogP contribution in [0.4, 0.5) is 0 Å². The van der Waals surface area contributed by atoms with E-state index in [9.17, 15) is 4.79 Å². The Hall–Kier alpha value is -1.52. The standard InChI is InChI=1S/C15H14Cl2N2O2/c1-8(11-6-10(16)4-5-12(11)17)18-15(20)13-7-14(21-19-13)9-2-3-9/h4-9H,2-3H2,1H3,(H,18,20)/t8-/m1/s1. The first-order valence-corrected chi connectivity index (χ1v) is 7.52. The molecule has 1 aliphatic carbocycles. The van der Waals surface area contributed by atoms with E-state index in [4.69, 9.17) is 27.7 Å². The molecule has 1 aliphatic rings. The highest BCUT2D eigenvalue weighted by molar-refractivity contribution is 6.33. The van der Waals surface area contributed by atoms with Crippen LogP contribution in [0.2, 0.25) is 10.0 Å². The Bertz CT molecular complexity index is 680. The van der Waals surface area contributed by atoms with Crippen LogP contribution in [0.1, 0.15) is 53.5 Å². The summed E-state index contributed by atoms with van der Waals surface area (Å²) < 4.78 is 5.18. The Morgan fingerprint density at radius 1 is 1.38 bits per heavy atom. The topological polar surface area (TPSA) is 55.1 Å². The van der Waals surface area contributed by atoms with Crippen LogP contribution in [0.5, 0.6) is 0 Å². The van der Waals surface area contributed by atoms with E-state index in [2.05, 4.69) is 10.5 Å². The molecule has 21 heavy (non-hydrogen) atoms. The van der Waals surface area contributed by atoms with Gasteiger partial charge in [0.1, 0.15) is 5.76 Å². The number of carbonyl (C=O) groups is 1. The number of amides is 1. The van der Waals surface area contributed by atoms with Crippen LogP contribution in [-0.4, -0.2) is 11.1 Å². The van der Waals surface area contributed by atoms with Crippen molar-refractivity contribution in [2.75, 3.05) is 0 Å². The van der Waals surface area contributed by atoms with E-state index < -0.39 is 0 Å². The van der Waals surface area contributed by atoms with Gasteiger partial charge in [0.05, 0.1) is 6.04 Å². The normalized spacial score (nSPS) is 15.8. The molecule has 4 nitrogen and oxygen atoms in total. The minimum absolute atomic E-state index is 0.273. The highest BCUT2D eigenvalue weighted by Gasteiger charge is 2.29. The van der Waals surface area contributed by atoms with Crippen molar-refractivity contribution < 1.29 is 9.32 Å². The SMILES string of the molecule is C[C@@H](NC(=O)c1cc(C2CC2)on1)c1cc(Cl)ccc1Cl. The van der Waals surface area contributed by atoms with Gasteiger partial charge < -0.3 is 9.84 Å². The molecule has 2 aromatic rings. The second-order valence-corrected chi connectivity index (χ2v) is 6.09. The second kappa shape index (κ2) is 5.70. The molecule has 110 valence electrons. The van der Waals surface area contributed by atoms with Crippen molar-refractivity contribution in [3.63, 3.8) is 0 Å². The lowest BCUT2D eigenvalue weighted by Crippen LogP contribution is -2.27. The Kier molecular flexibility index (Phi) is 3.91. The molecule has 1 aromatic carbocycles. The Balaban J connectivity index is 1.72. The first-order chi connectivity index (χ1) is 10.0. The van der Waals surface area contributed by atoms with E-state index in [1.54, 1.807) is 24.3 Å². The summed E-state index contributed by atoms with van der Waals surface area (Å²) in [4.78, 5) is 12.2. The molecule has 1 atom stereocenters. The van der Waals surface area contributed by atoms with Gasteiger partial charge in [0.25, 0.3) is 5.91 Å². The van der Waals surface area contributed by atoms with Crippen molar-refractivity contribution in [3.8, 4) is 0 Å². The van der Waals surface area contributed by atoms with Gasteiger partial charge in [-0.05, 0) is 43.5 Å². The van der Waals surface area contributed by atoms with Crippen molar-refractivity contribution in [3.05, 3.63) is 51.3 Å². The maximum atomic E-state index is 12.2. The van der Waals surface area contributed by atoms with Gasteiger partial charge in [-0.1, -0.05) is 28.4 Å². The maximum Gasteiger partial charge on any atom is 0.273 e. The summed E-state index contributed by atoms with van der Waals surface area (Å²) in [6, 6.07) is 6.60. The molecule has 0 bridgehead atoms. The molecule has 1 amide bonds. The summed E-state index contributed by atoms with van der Waals surface area (Å²) in [5.41, 5.74) is 1.06. The van der Waals surface area contributed by atoms with E-state index in [-0.39, 0.29) is 11.9 Å². The minimum atomic E-state index is -0.283. The van der Waals surface area contributed by atoms with Gasteiger partial charge in [-0.15, -0.1) is 0 Å². The Morgan fingerprint density at radius 3 is 2.86 bits per heavy atom. The maximum absolute atomic E-state index is 12.2. The number of rotatable bonds is 4. The fourth-order valence-electron chi connectivity index (χ4n) is 2.15. The third-order valence-corrected chi connectivity index (χ3v) is 4.09. The van der Waals surface area contributed by atoms with Gasteiger partial charge in [0, 0.05) is 22.0 Å². The largest absolute Gasteiger partial charge is 0.360 e. The van der Waals surface area contributed by atoms with Crippen LogP contribution in [0.25, 0.3) is 0 Å². The number of aromatic nitrogens is 1. The summed E-state index contributed by atoms with van der Waals surface area (Å²) in [6.07, 6.45) is 2.20. The van der Waals surface area contributed by atoms with Gasteiger partial charge in [0.2, 0.25) is 0 Å². The lowest BCUT2D eigenvalue weighted by Gasteiger charge is -2.15. The summed E-state index contributed by atoms with van der Waals surface area (Å²) in [6.45, 7) is 1.84. The number of hydrogen-bond acceptors (Lipinski definition) is 3. The van der Waals surface area contributed by atoms with E-state index in [0.717, 1.165) is 24.2 Å². The molecule has 1 aromatic heterocycles. The summed E-state index contributed by atoms with van der Waals surface area (Å²) in [7, 11) is 0. The summed E-state index contributed by atoms with van der Waals surface area (Å²) in [5, 5.41) is 7.80. The Labute approximate surface area is 132 Å². The van der Waals surface area contributed by atoms with Crippen LogP contribution < -0.4 is 5.32 Å². The molecule has 1 N–H and O–H groups in total. The summed E-state index contributed by atoms with van der Waals surface area (Å²) >= 11 is 12.1. The van der Waals surface area contributed by atoms with Crippen LogP contribution in [0.3, 0.4) is 0 Å². The molecule has 1 heterocycles. The molecule has 0 saturated heterocycles. The molecule has 1 fully saturated rings. The summed E-state index contributed by atoms with van der Waals surface area (Å²) in [5.74, 6) is 0.932. The lowest BCUT2D eigenvalue weighted by atomic mass is 10.1. The number of nitrogens with one attached hydrogen (secondary N) is 1. The number of nitrogens with zero attached hydrogens (tertiary/aromatic N) is 1. The van der Waals surface area contributed by atoms with Crippen LogP contribution in [-0.2, 0) is 0 Å². The predicted octanol–water partition coefficient (Wildman–Crippen LogP) is 4.35. The molecule has 6 heteroatoms. The molecule has 0 spiro atoms. The van der Waals surface area contributed by atoms with Gasteiger partial charge >= 0.3 is 0 Å². The van der Waals surface area contributed by atoms with E-state index in [0.29, 0.717) is 21.7 Å². The zero-order chi connectivity index (χ0) is 15.0.